The molecule has 1 heterocycles. The fraction of sp³-hybridized carbons (Fsp3) is 0.769. The molecule has 92 valence electrons. The van der Waals surface area contributed by atoms with E-state index in [1.165, 1.54) is 0 Å². The number of nitrogens with zero attached hydrogens (tertiary/aromatic N) is 2. The summed E-state index contributed by atoms with van der Waals surface area (Å²) < 4.78 is 7.70. The van der Waals surface area contributed by atoms with E-state index >= 15 is 0 Å². The second-order valence-corrected chi connectivity index (χ2v) is 6.58. The molecule has 0 amide bonds. The van der Waals surface area contributed by atoms with Crippen molar-refractivity contribution in [3.63, 3.8) is 0 Å². The SMILES string of the molecule is Cc1cn(C(C)(C)C)nc1OCC(C)(C)C. The molecule has 1 aromatic heterocycles. The number of hydrogen-bond acceptors (Lipinski definition) is 2. The van der Waals surface area contributed by atoms with Crippen LogP contribution in [0, 0.1) is 12.3 Å². The molecule has 0 spiro atoms. The summed E-state index contributed by atoms with van der Waals surface area (Å²) in [4.78, 5) is 0. The van der Waals surface area contributed by atoms with Crippen LogP contribution in [0.5, 0.6) is 5.88 Å². The molecule has 1 rings (SSSR count). The molecule has 0 N–H and O–H groups in total. The van der Waals surface area contributed by atoms with Crippen LogP contribution in [-0.2, 0) is 5.54 Å². The predicted octanol–water partition coefficient (Wildman–Crippen LogP) is 3.37. The summed E-state index contributed by atoms with van der Waals surface area (Å²) in [5.74, 6) is 0.754. The predicted molar refractivity (Wildman–Crippen MR) is 66.9 cm³/mol. The third kappa shape index (κ3) is 3.54. The summed E-state index contributed by atoms with van der Waals surface area (Å²) in [6, 6.07) is 0. The Morgan fingerprint density at radius 2 is 1.75 bits per heavy atom. The number of rotatable bonds is 2. The summed E-state index contributed by atoms with van der Waals surface area (Å²) in [5, 5.41) is 4.48. The van der Waals surface area contributed by atoms with Crippen LogP contribution >= 0.6 is 0 Å². The second-order valence-electron chi connectivity index (χ2n) is 6.58. The van der Waals surface area contributed by atoms with Crippen molar-refractivity contribution in [2.75, 3.05) is 6.61 Å². The lowest BCUT2D eigenvalue weighted by molar-refractivity contribution is 0.186. The Morgan fingerprint density at radius 3 is 2.12 bits per heavy atom. The van der Waals surface area contributed by atoms with Crippen molar-refractivity contribution in [1.82, 2.24) is 9.78 Å². The van der Waals surface area contributed by atoms with Crippen LogP contribution in [0.1, 0.15) is 47.1 Å². The van der Waals surface area contributed by atoms with Crippen LogP contribution in [0.4, 0.5) is 0 Å². The molecule has 0 saturated heterocycles. The van der Waals surface area contributed by atoms with Crippen LogP contribution in [0.25, 0.3) is 0 Å². The van der Waals surface area contributed by atoms with Crippen molar-refractivity contribution >= 4 is 0 Å². The molecule has 3 nitrogen and oxygen atoms in total. The highest BCUT2D eigenvalue weighted by atomic mass is 16.5. The maximum Gasteiger partial charge on any atom is 0.235 e. The third-order valence-corrected chi connectivity index (χ3v) is 2.18. The highest BCUT2D eigenvalue weighted by Gasteiger charge is 2.18. The van der Waals surface area contributed by atoms with Gasteiger partial charge in [0.1, 0.15) is 0 Å². The van der Waals surface area contributed by atoms with Gasteiger partial charge in [-0.25, -0.2) is 0 Å². The average Bonchev–Trinajstić information content (AvgIpc) is 2.41. The minimum atomic E-state index is 0.00804. The molecule has 0 aliphatic carbocycles. The average molecular weight is 224 g/mol. The fourth-order valence-corrected chi connectivity index (χ4v) is 1.22. The van der Waals surface area contributed by atoms with Gasteiger partial charge in [-0.3, -0.25) is 4.68 Å². The summed E-state index contributed by atoms with van der Waals surface area (Å²) in [7, 11) is 0. The standard InChI is InChI=1S/C13H24N2O/c1-10-8-15(13(5,6)7)14-11(10)16-9-12(2,3)4/h8H,9H2,1-7H3. The van der Waals surface area contributed by atoms with E-state index in [9.17, 15) is 0 Å². The zero-order valence-corrected chi connectivity index (χ0v) is 11.6. The first-order valence-electron chi connectivity index (χ1n) is 5.79. The molecular formula is C13H24N2O. The topological polar surface area (TPSA) is 27.1 Å². The Bertz CT molecular complexity index is 353. The van der Waals surface area contributed by atoms with Crippen molar-refractivity contribution in [3.05, 3.63) is 11.8 Å². The monoisotopic (exact) mass is 224 g/mol. The summed E-state index contributed by atoms with van der Waals surface area (Å²) in [5.41, 5.74) is 1.27. The van der Waals surface area contributed by atoms with Gasteiger partial charge < -0.3 is 4.74 Å². The van der Waals surface area contributed by atoms with Gasteiger partial charge in [-0.1, -0.05) is 20.8 Å². The van der Waals surface area contributed by atoms with Crippen LogP contribution in [0.2, 0.25) is 0 Å². The summed E-state index contributed by atoms with van der Waals surface area (Å²) >= 11 is 0. The highest BCUT2D eigenvalue weighted by molar-refractivity contribution is 5.21. The van der Waals surface area contributed by atoms with Crippen molar-refractivity contribution in [2.45, 2.75) is 54.0 Å². The van der Waals surface area contributed by atoms with Crippen LogP contribution < -0.4 is 4.74 Å². The Hall–Kier alpha value is -0.990. The minimum Gasteiger partial charge on any atom is -0.476 e. The zero-order valence-electron chi connectivity index (χ0n) is 11.6. The molecule has 0 aliphatic rings. The Kier molecular flexibility index (Phi) is 3.36. The molecule has 0 saturated carbocycles. The fourth-order valence-electron chi connectivity index (χ4n) is 1.22. The van der Waals surface area contributed by atoms with E-state index in [0.717, 1.165) is 11.4 Å². The van der Waals surface area contributed by atoms with Crippen LogP contribution in [0.3, 0.4) is 0 Å². The van der Waals surface area contributed by atoms with E-state index in [1.807, 2.05) is 17.8 Å². The molecule has 3 heteroatoms. The molecular weight excluding hydrogens is 200 g/mol. The maximum atomic E-state index is 5.75. The molecule has 1 aromatic rings. The van der Waals surface area contributed by atoms with Crippen molar-refractivity contribution in [3.8, 4) is 5.88 Å². The zero-order chi connectivity index (χ0) is 12.6. The van der Waals surface area contributed by atoms with Gasteiger partial charge in [0.25, 0.3) is 0 Å². The molecule has 0 radical (unpaired) electrons. The van der Waals surface area contributed by atoms with Gasteiger partial charge in [0.05, 0.1) is 12.1 Å². The number of hydrogen-bond donors (Lipinski definition) is 0. The van der Waals surface area contributed by atoms with Gasteiger partial charge in [-0.05, 0) is 33.1 Å². The van der Waals surface area contributed by atoms with Crippen LogP contribution in [0.15, 0.2) is 6.20 Å². The van der Waals surface area contributed by atoms with Gasteiger partial charge in [0, 0.05) is 11.8 Å². The molecule has 0 unspecified atom stereocenters. The van der Waals surface area contributed by atoms with E-state index in [4.69, 9.17) is 4.74 Å². The molecule has 0 aliphatic heterocycles. The lowest BCUT2D eigenvalue weighted by Gasteiger charge is -2.19. The molecule has 0 aromatic carbocycles. The summed E-state index contributed by atoms with van der Waals surface area (Å²) in [6.07, 6.45) is 2.04. The van der Waals surface area contributed by atoms with Gasteiger partial charge >= 0.3 is 0 Å². The van der Waals surface area contributed by atoms with Gasteiger partial charge in [-0.15, -0.1) is 5.10 Å². The third-order valence-electron chi connectivity index (χ3n) is 2.18. The smallest absolute Gasteiger partial charge is 0.235 e. The maximum absolute atomic E-state index is 5.75. The Labute approximate surface area is 98.8 Å². The first-order valence-corrected chi connectivity index (χ1v) is 5.79. The lowest BCUT2D eigenvalue weighted by Crippen LogP contribution is -2.22. The molecule has 0 bridgehead atoms. The van der Waals surface area contributed by atoms with E-state index in [2.05, 4.69) is 46.6 Å². The largest absolute Gasteiger partial charge is 0.476 e. The van der Waals surface area contributed by atoms with Crippen LogP contribution in [-0.4, -0.2) is 16.4 Å². The number of ether oxygens (including phenoxy) is 1. The van der Waals surface area contributed by atoms with Crippen molar-refractivity contribution < 1.29 is 4.74 Å². The lowest BCUT2D eigenvalue weighted by atomic mass is 9.99. The van der Waals surface area contributed by atoms with Gasteiger partial charge in [0.15, 0.2) is 0 Å². The second kappa shape index (κ2) is 4.11. The Morgan fingerprint density at radius 1 is 1.19 bits per heavy atom. The highest BCUT2D eigenvalue weighted by Crippen LogP contribution is 2.22. The van der Waals surface area contributed by atoms with E-state index < -0.39 is 0 Å². The van der Waals surface area contributed by atoms with E-state index in [1.54, 1.807) is 0 Å². The molecule has 16 heavy (non-hydrogen) atoms. The minimum absolute atomic E-state index is 0.00804. The first kappa shape index (κ1) is 13.1. The van der Waals surface area contributed by atoms with Gasteiger partial charge in [0.2, 0.25) is 5.88 Å². The van der Waals surface area contributed by atoms with Crippen molar-refractivity contribution in [2.24, 2.45) is 5.41 Å². The number of aromatic nitrogens is 2. The first-order chi connectivity index (χ1) is 7.09. The van der Waals surface area contributed by atoms with E-state index in [-0.39, 0.29) is 11.0 Å². The number of aryl methyl sites for hydroxylation is 1. The normalized spacial score (nSPS) is 12.9. The van der Waals surface area contributed by atoms with Gasteiger partial charge in [-0.2, -0.15) is 0 Å². The summed E-state index contributed by atoms with van der Waals surface area (Å²) in [6.45, 7) is 15.6. The quantitative estimate of drug-likeness (QED) is 0.770. The van der Waals surface area contributed by atoms with Crippen molar-refractivity contribution in [1.29, 1.82) is 0 Å². The molecule has 0 fully saturated rings. The molecule has 0 atom stereocenters. The van der Waals surface area contributed by atoms with E-state index in [0.29, 0.717) is 6.61 Å². The Balaban J connectivity index is 2.79.